The molecule has 0 radical (unpaired) electrons. The van der Waals surface area contributed by atoms with Gasteiger partial charge in [0.2, 0.25) is 0 Å². The third-order valence-corrected chi connectivity index (χ3v) is 5.16. The van der Waals surface area contributed by atoms with Gasteiger partial charge in [-0.25, -0.2) is 0 Å². The van der Waals surface area contributed by atoms with Crippen LogP contribution in [0.2, 0.25) is 0 Å². The van der Waals surface area contributed by atoms with E-state index in [9.17, 15) is 4.79 Å². The minimum atomic E-state index is 0.00493. The lowest BCUT2D eigenvalue weighted by Gasteiger charge is -2.24. The molecule has 0 saturated carbocycles. The molecule has 1 aromatic carbocycles. The van der Waals surface area contributed by atoms with Crippen molar-refractivity contribution in [2.75, 3.05) is 13.7 Å². The molecule has 0 bridgehead atoms. The summed E-state index contributed by atoms with van der Waals surface area (Å²) in [6.07, 6.45) is 5.91. The summed E-state index contributed by atoms with van der Waals surface area (Å²) in [5, 5.41) is 0. The van der Waals surface area contributed by atoms with E-state index in [1.165, 1.54) is 0 Å². The van der Waals surface area contributed by atoms with Gasteiger partial charge in [0.15, 0.2) is 0 Å². The van der Waals surface area contributed by atoms with Gasteiger partial charge in [-0.3, -0.25) is 14.8 Å². The lowest BCUT2D eigenvalue weighted by molar-refractivity contribution is 0.0732. The molecule has 0 N–H and O–H groups in total. The first-order valence-electron chi connectivity index (χ1n) is 9.55. The number of aromatic nitrogens is 2. The van der Waals surface area contributed by atoms with Gasteiger partial charge in [0, 0.05) is 36.6 Å². The Morgan fingerprint density at radius 2 is 2.04 bits per heavy atom. The maximum Gasteiger partial charge on any atom is 0.255 e. The van der Waals surface area contributed by atoms with E-state index in [1.54, 1.807) is 25.6 Å². The highest BCUT2D eigenvalue weighted by Crippen LogP contribution is 2.32. The smallest absolute Gasteiger partial charge is 0.255 e. The van der Waals surface area contributed by atoms with Gasteiger partial charge in [-0.2, -0.15) is 0 Å². The Morgan fingerprint density at radius 3 is 2.86 bits per heavy atom. The third-order valence-electron chi connectivity index (χ3n) is 5.16. The third kappa shape index (κ3) is 3.74. The maximum absolute atomic E-state index is 12.9. The van der Waals surface area contributed by atoms with E-state index in [0.29, 0.717) is 12.0 Å². The molecule has 0 spiro atoms. The van der Waals surface area contributed by atoms with Gasteiger partial charge in [-0.15, -0.1) is 0 Å². The van der Waals surface area contributed by atoms with Crippen LogP contribution in [0.15, 0.2) is 67.0 Å². The maximum atomic E-state index is 12.9. The molecular formula is C23H23N3O2. The Bertz CT molecular complexity index is 959. The normalized spacial score (nSPS) is 16.2. The van der Waals surface area contributed by atoms with Gasteiger partial charge < -0.3 is 9.64 Å². The summed E-state index contributed by atoms with van der Waals surface area (Å²) in [7, 11) is 1.68. The summed E-state index contributed by atoms with van der Waals surface area (Å²) in [4.78, 5) is 23.8. The number of rotatable bonds is 5. The van der Waals surface area contributed by atoms with Gasteiger partial charge >= 0.3 is 0 Å². The fraction of sp³-hybridized carbons (Fsp3) is 0.261. The van der Waals surface area contributed by atoms with Crippen molar-refractivity contribution in [1.82, 2.24) is 14.9 Å². The fourth-order valence-corrected chi connectivity index (χ4v) is 3.80. The Morgan fingerprint density at radius 1 is 1.14 bits per heavy atom. The molecule has 1 fully saturated rings. The van der Waals surface area contributed by atoms with Crippen molar-refractivity contribution in [3.05, 3.63) is 89.5 Å². The standard InChI is InChI=1S/C23H23N3O2/c1-28-22-12-3-2-7-17(22)15-19-9-4-10-20(25-19)21-11-6-14-26(21)23(27)18-8-5-13-24-16-18/h2-5,7-10,12-13,16,21H,6,11,14-15H2,1H3/t21-/m0/s1. The van der Waals surface area contributed by atoms with E-state index in [0.717, 1.165) is 42.1 Å². The van der Waals surface area contributed by atoms with Gasteiger partial charge in [0.05, 0.1) is 24.4 Å². The molecule has 5 heteroatoms. The summed E-state index contributed by atoms with van der Waals surface area (Å²) in [5.41, 5.74) is 3.65. The van der Waals surface area contributed by atoms with Crippen molar-refractivity contribution in [3.8, 4) is 5.75 Å². The first-order valence-corrected chi connectivity index (χ1v) is 9.55. The number of methoxy groups -OCH3 is 1. The van der Waals surface area contributed by atoms with Gasteiger partial charge in [-0.1, -0.05) is 24.3 Å². The van der Waals surface area contributed by atoms with Gasteiger partial charge in [0.25, 0.3) is 5.91 Å². The van der Waals surface area contributed by atoms with Crippen molar-refractivity contribution in [2.45, 2.75) is 25.3 Å². The largest absolute Gasteiger partial charge is 0.496 e. The van der Waals surface area contributed by atoms with Crippen LogP contribution < -0.4 is 4.74 Å². The van der Waals surface area contributed by atoms with Crippen LogP contribution in [0.3, 0.4) is 0 Å². The zero-order chi connectivity index (χ0) is 19.3. The van der Waals surface area contributed by atoms with Crippen molar-refractivity contribution < 1.29 is 9.53 Å². The molecule has 4 rings (SSSR count). The highest BCUT2D eigenvalue weighted by molar-refractivity contribution is 5.94. The van der Waals surface area contributed by atoms with Crippen LogP contribution in [0.5, 0.6) is 5.75 Å². The van der Waals surface area contributed by atoms with E-state index >= 15 is 0 Å². The van der Waals surface area contributed by atoms with Crippen LogP contribution in [0.1, 0.15) is 46.2 Å². The first kappa shape index (κ1) is 18.2. The number of likely N-dealkylation sites (tertiary alicyclic amines) is 1. The number of ether oxygens (including phenoxy) is 1. The predicted octanol–water partition coefficient (Wildman–Crippen LogP) is 4.05. The molecule has 1 amide bonds. The molecule has 28 heavy (non-hydrogen) atoms. The zero-order valence-electron chi connectivity index (χ0n) is 15.9. The van der Waals surface area contributed by atoms with Crippen molar-refractivity contribution in [2.24, 2.45) is 0 Å². The number of hydrogen-bond donors (Lipinski definition) is 0. The number of nitrogens with zero attached hydrogens (tertiary/aromatic N) is 3. The number of hydrogen-bond acceptors (Lipinski definition) is 4. The Labute approximate surface area is 165 Å². The van der Waals surface area contributed by atoms with E-state index in [-0.39, 0.29) is 11.9 Å². The van der Waals surface area contributed by atoms with Gasteiger partial charge in [0.1, 0.15) is 5.75 Å². The van der Waals surface area contributed by atoms with E-state index in [4.69, 9.17) is 9.72 Å². The van der Waals surface area contributed by atoms with Crippen LogP contribution in [-0.4, -0.2) is 34.4 Å². The fourth-order valence-electron chi connectivity index (χ4n) is 3.80. The Balaban J connectivity index is 1.57. The average Bonchev–Trinajstić information content (AvgIpc) is 3.24. The molecule has 0 aliphatic carbocycles. The highest BCUT2D eigenvalue weighted by atomic mass is 16.5. The topological polar surface area (TPSA) is 55.3 Å². The second kappa shape index (κ2) is 8.21. The summed E-state index contributed by atoms with van der Waals surface area (Å²) in [5.74, 6) is 0.886. The van der Waals surface area contributed by atoms with E-state index in [1.807, 2.05) is 47.4 Å². The molecule has 5 nitrogen and oxygen atoms in total. The molecule has 142 valence electrons. The number of benzene rings is 1. The minimum Gasteiger partial charge on any atom is -0.496 e. The Hall–Kier alpha value is -3.21. The monoisotopic (exact) mass is 373 g/mol. The van der Waals surface area contributed by atoms with Crippen LogP contribution in [0, 0.1) is 0 Å². The Kier molecular flexibility index (Phi) is 5.33. The molecular weight excluding hydrogens is 350 g/mol. The van der Waals surface area contributed by atoms with Crippen LogP contribution in [0.25, 0.3) is 0 Å². The van der Waals surface area contributed by atoms with Crippen molar-refractivity contribution in [3.63, 3.8) is 0 Å². The van der Waals surface area contributed by atoms with E-state index < -0.39 is 0 Å². The molecule has 1 atom stereocenters. The number of pyridine rings is 2. The molecule has 1 aliphatic heterocycles. The molecule has 2 aromatic heterocycles. The summed E-state index contributed by atoms with van der Waals surface area (Å²) >= 11 is 0. The molecule has 3 aromatic rings. The number of carbonyl (C=O) groups is 1. The summed E-state index contributed by atoms with van der Waals surface area (Å²) in [6.45, 7) is 0.747. The molecule has 0 unspecified atom stereocenters. The molecule has 1 aliphatic rings. The minimum absolute atomic E-state index is 0.00493. The second-order valence-corrected chi connectivity index (χ2v) is 6.94. The number of para-hydroxylation sites is 1. The lowest BCUT2D eigenvalue weighted by atomic mass is 10.1. The quantitative estimate of drug-likeness (QED) is 0.677. The van der Waals surface area contributed by atoms with Crippen LogP contribution in [-0.2, 0) is 6.42 Å². The first-order chi connectivity index (χ1) is 13.8. The van der Waals surface area contributed by atoms with E-state index in [2.05, 4.69) is 11.1 Å². The zero-order valence-corrected chi connectivity index (χ0v) is 15.9. The van der Waals surface area contributed by atoms with Crippen LogP contribution in [0.4, 0.5) is 0 Å². The number of amides is 1. The highest BCUT2D eigenvalue weighted by Gasteiger charge is 2.31. The molecule has 1 saturated heterocycles. The number of carbonyl (C=O) groups excluding carboxylic acids is 1. The van der Waals surface area contributed by atoms with Crippen molar-refractivity contribution >= 4 is 5.91 Å². The second-order valence-electron chi connectivity index (χ2n) is 6.94. The molecule has 3 heterocycles. The SMILES string of the molecule is COc1ccccc1Cc1cccc([C@@H]2CCCN2C(=O)c2cccnc2)n1. The predicted molar refractivity (Wildman–Crippen MR) is 107 cm³/mol. The van der Waals surface area contributed by atoms with Crippen molar-refractivity contribution in [1.29, 1.82) is 0 Å². The summed E-state index contributed by atoms with van der Waals surface area (Å²) < 4.78 is 5.46. The van der Waals surface area contributed by atoms with Crippen LogP contribution >= 0.6 is 0 Å². The lowest BCUT2D eigenvalue weighted by Crippen LogP contribution is -2.31. The summed E-state index contributed by atoms with van der Waals surface area (Å²) in [6, 6.07) is 17.7. The van der Waals surface area contributed by atoms with Gasteiger partial charge in [-0.05, 0) is 43.2 Å². The average molecular weight is 373 g/mol.